The van der Waals surface area contributed by atoms with Crippen molar-refractivity contribution >= 4 is 35.0 Å². The number of pyridine rings is 1. The molecule has 0 atom stereocenters. The average Bonchev–Trinajstić information content (AvgIpc) is 3.05. The average molecular weight is 470 g/mol. The lowest BCUT2D eigenvalue weighted by Gasteiger charge is -2.19. The number of aliphatic hydroxyl groups is 1. The minimum atomic E-state index is -1.03. The Bertz CT molecular complexity index is 1220. The summed E-state index contributed by atoms with van der Waals surface area (Å²) in [6.07, 6.45) is 1.75. The number of nitrogens with zero attached hydrogens (tertiary/aromatic N) is 3. The summed E-state index contributed by atoms with van der Waals surface area (Å²) in [7, 11) is 1.98. The lowest BCUT2D eigenvalue weighted by atomic mass is 9.96. The Kier molecular flexibility index (Phi) is 6.13. The largest absolute Gasteiger partial charge is 0.386 e. The molecular weight excluding hydrogens is 449 g/mol. The third kappa shape index (κ3) is 4.65. The van der Waals surface area contributed by atoms with Gasteiger partial charge in [-0.1, -0.05) is 53.2 Å². The number of halogens is 2. The second-order valence-corrected chi connectivity index (χ2v) is 9.58. The van der Waals surface area contributed by atoms with Crippen LogP contribution in [0.4, 0.5) is 0 Å². The molecule has 0 spiro atoms. The molecule has 0 bridgehead atoms. The van der Waals surface area contributed by atoms with Crippen molar-refractivity contribution in [1.82, 2.24) is 14.5 Å². The normalized spacial score (nSPS) is 11.7. The summed E-state index contributed by atoms with van der Waals surface area (Å²) in [5.74, 6) is 0.759. The van der Waals surface area contributed by atoms with E-state index >= 15 is 0 Å². The highest BCUT2D eigenvalue weighted by molar-refractivity contribution is 7.99. The third-order valence-corrected chi connectivity index (χ3v) is 6.60. The second kappa shape index (κ2) is 8.67. The zero-order chi connectivity index (χ0) is 22.2. The summed E-state index contributed by atoms with van der Waals surface area (Å²) in [6.45, 7) is 3.44. The zero-order valence-corrected chi connectivity index (χ0v) is 19.6. The molecule has 0 saturated carbocycles. The number of imidazole rings is 1. The molecule has 0 aliphatic carbocycles. The molecule has 4 nitrogen and oxygen atoms in total. The topological polar surface area (TPSA) is 50.9 Å². The predicted octanol–water partition coefficient (Wildman–Crippen LogP) is 6.83. The summed E-state index contributed by atoms with van der Waals surface area (Å²) >= 11 is 14.2. The molecule has 2 heterocycles. The molecule has 0 radical (unpaired) electrons. The van der Waals surface area contributed by atoms with Gasteiger partial charge in [-0.15, -0.1) is 0 Å². The van der Waals surface area contributed by atoms with E-state index in [4.69, 9.17) is 28.2 Å². The van der Waals surface area contributed by atoms with E-state index in [2.05, 4.69) is 4.98 Å². The SMILES string of the molecule is Cn1c(-c2ccccn2)nc(-c2ccc(C(C)(C)O)c(Cl)c2)c1Sc1ccc(Cl)cc1. The van der Waals surface area contributed by atoms with Crippen molar-refractivity contribution in [2.24, 2.45) is 7.05 Å². The Balaban J connectivity index is 1.86. The molecule has 0 aliphatic rings. The number of rotatable bonds is 5. The van der Waals surface area contributed by atoms with Crippen LogP contribution in [0.1, 0.15) is 19.4 Å². The number of hydrogen-bond acceptors (Lipinski definition) is 4. The van der Waals surface area contributed by atoms with Crippen LogP contribution < -0.4 is 0 Å². The van der Waals surface area contributed by atoms with Gasteiger partial charge in [-0.2, -0.15) is 0 Å². The summed E-state index contributed by atoms with van der Waals surface area (Å²) in [4.78, 5) is 10.4. The van der Waals surface area contributed by atoms with Gasteiger partial charge in [0.25, 0.3) is 0 Å². The van der Waals surface area contributed by atoms with Crippen molar-refractivity contribution in [3.05, 3.63) is 82.5 Å². The molecule has 0 unspecified atom stereocenters. The highest BCUT2D eigenvalue weighted by Crippen LogP contribution is 2.40. The molecule has 2 aromatic heterocycles. The van der Waals surface area contributed by atoms with E-state index < -0.39 is 5.60 Å². The fourth-order valence-electron chi connectivity index (χ4n) is 3.29. The van der Waals surface area contributed by atoms with Crippen LogP contribution in [0.3, 0.4) is 0 Å². The molecule has 2 aromatic carbocycles. The number of hydrogen-bond donors (Lipinski definition) is 1. The van der Waals surface area contributed by atoms with E-state index in [0.29, 0.717) is 15.6 Å². The minimum absolute atomic E-state index is 0.498. The van der Waals surface area contributed by atoms with E-state index in [1.165, 1.54) is 0 Å². The van der Waals surface area contributed by atoms with E-state index in [-0.39, 0.29) is 0 Å². The van der Waals surface area contributed by atoms with Crippen LogP contribution in [0, 0.1) is 0 Å². The number of aromatic nitrogens is 3. The van der Waals surface area contributed by atoms with Crippen molar-refractivity contribution in [3.63, 3.8) is 0 Å². The van der Waals surface area contributed by atoms with Gasteiger partial charge < -0.3 is 9.67 Å². The Morgan fingerprint density at radius 1 is 1.00 bits per heavy atom. The molecule has 0 aliphatic heterocycles. The molecule has 4 rings (SSSR count). The molecule has 4 aromatic rings. The third-order valence-electron chi connectivity index (χ3n) is 4.87. The van der Waals surface area contributed by atoms with Crippen molar-refractivity contribution in [2.45, 2.75) is 29.4 Å². The first kappa shape index (κ1) is 21.9. The molecule has 1 N–H and O–H groups in total. The summed E-state index contributed by atoms with van der Waals surface area (Å²) < 4.78 is 2.04. The fourth-order valence-corrected chi connectivity index (χ4v) is 4.80. The van der Waals surface area contributed by atoms with Crippen molar-refractivity contribution in [2.75, 3.05) is 0 Å². The van der Waals surface area contributed by atoms with Gasteiger partial charge in [-0.25, -0.2) is 4.98 Å². The first-order valence-corrected chi connectivity index (χ1v) is 11.3. The van der Waals surface area contributed by atoms with E-state index in [1.807, 2.05) is 72.3 Å². The highest BCUT2D eigenvalue weighted by atomic mass is 35.5. The van der Waals surface area contributed by atoms with Gasteiger partial charge in [0.1, 0.15) is 16.4 Å². The standard InChI is InChI=1S/C24H21Cl2N3OS/c1-24(2,30)18-12-7-15(14-19(18)26)21-23(31-17-10-8-16(25)9-11-17)29(3)22(28-21)20-6-4-5-13-27-20/h4-14,30H,1-3H3. The maximum atomic E-state index is 10.4. The smallest absolute Gasteiger partial charge is 0.159 e. The Morgan fingerprint density at radius 2 is 1.74 bits per heavy atom. The van der Waals surface area contributed by atoms with Crippen LogP contribution in [0.15, 0.2) is 76.8 Å². The van der Waals surface area contributed by atoms with Gasteiger partial charge in [0.05, 0.1) is 5.60 Å². The molecule has 7 heteroatoms. The first-order chi connectivity index (χ1) is 14.7. The van der Waals surface area contributed by atoms with Crippen LogP contribution >= 0.6 is 35.0 Å². The zero-order valence-electron chi connectivity index (χ0n) is 17.3. The second-order valence-electron chi connectivity index (χ2n) is 7.67. The summed E-state index contributed by atoms with van der Waals surface area (Å²) in [5, 5.41) is 12.5. The van der Waals surface area contributed by atoms with Gasteiger partial charge in [0.15, 0.2) is 5.82 Å². The maximum Gasteiger partial charge on any atom is 0.159 e. The van der Waals surface area contributed by atoms with Crippen LogP contribution in [0.5, 0.6) is 0 Å². The Hall–Kier alpha value is -2.31. The monoisotopic (exact) mass is 469 g/mol. The lowest BCUT2D eigenvalue weighted by molar-refractivity contribution is 0.0787. The van der Waals surface area contributed by atoms with Crippen molar-refractivity contribution in [3.8, 4) is 22.8 Å². The molecular formula is C24H21Cl2N3OS. The molecule has 0 amide bonds. The maximum absolute atomic E-state index is 10.4. The fraction of sp³-hybridized carbons (Fsp3) is 0.167. The molecule has 31 heavy (non-hydrogen) atoms. The molecule has 0 saturated heterocycles. The van der Waals surface area contributed by atoms with Gasteiger partial charge in [0.2, 0.25) is 0 Å². The molecule has 158 valence electrons. The van der Waals surface area contributed by atoms with E-state index in [9.17, 15) is 5.11 Å². The minimum Gasteiger partial charge on any atom is -0.386 e. The quantitative estimate of drug-likeness (QED) is 0.347. The Labute approximate surface area is 195 Å². The predicted molar refractivity (Wildman–Crippen MR) is 128 cm³/mol. The van der Waals surface area contributed by atoms with Crippen LogP contribution in [-0.2, 0) is 12.6 Å². The van der Waals surface area contributed by atoms with E-state index in [1.54, 1.807) is 31.8 Å². The highest BCUT2D eigenvalue weighted by Gasteiger charge is 2.23. The van der Waals surface area contributed by atoms with E-state index in [0.717, 1.165) is 32.7 Å². The van der Waals surface area contributed by atoms with Crippen molar-refractivity contribution < 1.29 is 5.11 Å². The number of benzene rings is 2. The van der Waals surface area contributed by atoms with Gasteiger partial charge in [-0.05, 0) is 56.3 Å². The lowest BCUT2D eigenvalue weighted by Crippen LogP contribution is -2.15. The first-order valence-electron chi connectivity index (χ1n) is 9.68. The van der Waals surface area contributed by atoms with Crippen LogP contribution in [0.25, 0.3) is 22.8 Å². The summed E-state index contributed by atoms with van der Waals surface area (Å²) in [5.41, 5.74) is 2.10. The van der Waals surface area contributed by atoms with Crippen molar-refractivity contribution in [1.29, 1.82) is 0 Å². The van der Waals surface area contributed by atoms with Crippen LogP contribution in [-0.4, -0.2) is 19.6 Å². The van der Waals surface area contributed by atoms with Gasteiger partial charge in [-0.3, -0.25) is 4.98 Å². The van der Waals surface area contributed by atoms with Crippen LogP contribution in [0.2, 0.25) is 10.0 Å². The Morgan fingerprint density at radius 3 is 2.35 bits per heavy atom. The summed E-state index contributed by atoms with van der Waals surface area (Å²) in [6, 6.07) is 19.1. The molecule has 0 fully saturated rings. The van der Waals surface area contributed by atoms with Gasteiger partial charge in [0, 0.05) is 39.3 Å². The van der Waals surface area contributed by atoms with Gasteiger partial charge >= 0.3 is 0 Å².